The molecule has 1 amide bonds. The quantitative estimate of drug-likeness (QED) is 0.610. The van der Waals surface area contributed by atoms with Gasteiger partial charge in [-0.25, -0.2) is 9.97 Å². The number of aromatic nitrogens is 2. The molecule has 0 bridgehead atoms. The van der Waals surface area contributed by atoms with Gasteiger partial charge in [-0.15, -0.1) is 0 Å². The van der Waals surface area contributed by atoms with Gasteiger partial charge in [-0.3, -0.25) is 4.79 Å². The number of anilines is 2. The lowest BCUT2D eigenvalue weighted by Gasteiger charge is -2.31. The summed E-state index contributed by atoms with van der Waals surface area (Å²) < 4.78 is 46.9. The minimum atomic E-state index is -2.93. The molecule has 0 aliphatic carbocycles. The molecule has 35 heavy (non-hydrogen) atoms. The molecular weight excluding hydrogens is 462 g/mol. The third-order valence-electron chi connectivity index (χ3n) is 6.53. The summed E-state index contributed by atoms with van der Waals surface area (Å²) >= 11 is 0. The summed E-state index contributed by atoms with van der Waals surface area (Å²) in [6.07, 6.45) is 5.25. The van der Waals surface area contributed by atoms with Crippen LogP contribution in [0.15, 0.2) is 24.5 Å². The smallest absolute Gasteiger partial charge is 0.388 e. The van der Waals surface area contributed by atoms with E-state index in [1.807, 2.05) is 9.80 Å². The second kappa shape index (κ2) is 10.2. The molecule has 0 saturated carbocycles. The summed E-state index contributed by atoms with van der Waals surface area (Å²) in [5.41, 5.74) is 1.97. The van der Waals surface area contributed by atoms with Crippen LogP contribution in [0.5, 0.6) is 17.5 Å². The fourth-order valence-corrected chi connectivity index (χ4v) is 4.74. The molecule has 188 valence electrons. The predicted molar refractivity (Wildman–Crippen MR) is 122 cm³/mol. The largest absolute Gasteiger partial charge is 0.488 e. The molecule has 3 aliphatic heterocycles. The summed E-state index contributed by atoms with van der Waals surface area (Å²) in [6.45, 7) is 2.20. The van der Waals surface area contributed by atoms with E-state index in [9.17, 15) is 13.6 Å². The third kappa shape index (κ3) is 5.24. The number of carbonyl (C=O) groups is 1. The van der Waals surface area contributed by atoms with E-state index >= 15 is 0 Å². The summed E-state index contributed by atoms with van der Waals surface area (Å²) in [4.78, 5) is 25.1. The van der Waals surface area contributed by atoms with Crippen LogP contribution < -0.4 is 19.1 Å². The van der Waals surface area contributed by atoms with Crippen molar-refractivity contribution in [3.63, 3.8) is 0 Å². The average Bonchev–Trinajstić information content (AvgIpc) is 3.33. The van der Waals surface area contributed by atoms with E-state index in [4.69, 9.17) is 14.2 Å². The fourth-order valence-electron chi connectivity index (χ4n) is 4.74. The maximum absolute atomic E-state index is 12.8. The first-order valence-corrected chi connectivity index (χ1v) is 11.8. The number of nitrogens with zero attached hydrogens (tertiary/aromatic N) is 4. The van der Waals surface area contributed by atoms with Crippen LogP contribution in [0, 0.1) is 12.8 Å². The van der Waals surface area contributed by atoms with Gasteiger partial charge in [0.25, 0.3) is 0 Å². The zero-order chi connectivity index (χ0) is 24.4. The Morgan fingerprint density at radius 3 is 2.71 bits per heavy atom. The van der Waals surface area contributed by atoms with Crippen LogP contribution in [0.4, 0.5) is 20.2 Å². The van der Waals surface area contributed by atoms with Crippen LogP contribution >= 0.6 is 0 Å². The molecule has 11 heteroatoms. The number of likely N-dealkylation sites (tertiary alicyclic amines) is 1. The number of pyridine rings is 2. The molecule has 2 aromatic rings. The van der Waals surface area contributed by atoms with Crippen LogP contribution in [0.3, 0.4) is 0 Å². The van der Waals surface area contributed by atoms with Gasteiger partial charge in [0, 0.05) is 43.7 Å². The van der Waals surface area contributed by atoms with Gasteiger partial charge in [0.15, 0.2) is 5.75 Å². The van der Waals surface area contributed by atoms with E-state index in [1.54, 1.807) is 25.3 Å². The Kier molecular flexibility index (Phi) is 6.85. The summed E-state index contributed by atoms with van der Waals surface area (Å²) in [7, 11) is 0. The monoisotopic (exact) mass is 490 g/mol. The summed E-state index contributed by atoms with van der Waals surface area (Å²) in [6, 6.07) is 3.55. The number of carbonyl (C=O) groups excluding carboxylic acids is 1. The number of hydrogen-bond acceptors (Lipinski definition) is 8. The van der Waals surface area contributed by atoms with E-state index in [2.05, 4.69) is 14.7 Å². The van der Waals surface area contributed by atoms with Crippen molar-refractivity contribution in [1.82, 2.24) is 14.9 Å². The lowest BCUT2D eigenvalue weighted by atomic mass is 9.99. The molecule has 0 aromatic carbocycles. The molecule has 5 heterocycles. The Bertz CT molecular complexity index is 1070. The predicted octanol–water partition coefficient (Wildman–Crippen LogP) is 3.32. The van der Waals surface area contributed by atoms with Crippen LogP contribution in [0.25, 0.3) is 0 Å². The van der Waals surface area contributed by atoms with Gasteiger partial charge in [0.05, 0.1) is 36.9 Å². The van der Waals surface area contributed by atoms with Crippen molar-refractivity contribution in [2.75, 3.05) is 44.4 Å². The number of rotatable bonds is 6. The fraction of sp³-hybridized carbons (Fsp3) is 0.542. The van der Waals surface area contributed by atoms with Crippen molar-refractivity contribution >= 4 is 17.3 Å². The molecule has 0 spiro atoms. The molecule has 1 atom stereocenters. The van der Waals surface area contributed by atoms with Crippen molar-refractivity contribution in [2.24, 2.45) is 5.92 Å². The number of aryl methyl sites for hydroxylation is 1. The molecule has 5 rings (SSSR count). The van der Waals surface area contributed by atoms with Crippen LogP contribution in [0.1, 0.15) is 24.8 Å². The summed E-state index contributed by atoms with van der Waals surface area (Å²) in [5.74, 6) is 1.14. The minimum absolute atomic E-state index is 0.0321. The van der Waals surface area contributed by atoms with Gasteiger partial charge in [-0.2, -0.15) is 8.78 Å². The number of ether oxygens (including phenoxy) is 4. The Morgan fingerprint density at radius 1 is 1.11 bits per heavy atom. The number of amides is 1. The van der Waals surface area contributed by atoms with Gasteiger partial charge in [0.1, 0.15) is 12.7 Å². The lowest BCUT2D eigenvalue weighted by Crippen LogP contribution is -2.38. The second-order valence-electron chi connectivity index (χ2n) is 8.88. The molecular formula is C24H28F2N4O5. The van der Waals surface area contributed by atoms with Crippen molar-refractivity contribution in [3.8, 4) is 17.5 Å². The van der Waals surface area contributed by atoms with E-state index < -0.39 is 6.61 Å². The molecule has 9 nitrogen and oxygen atoms in total. The highest BCUT2D eigenvalue weighted by Gasteiger charge is 2.33. The zero-order valence-electron chi connectivity index (χ0n) is 19.5. The van der Waals surface area contributed by atoms with Gasteiger partial charge in [-0.05, 0) is 25.8 Å². The first-order chi connectivity index (χ1) is 17.0. The first-order valence-electron chi connectivity index (χ1n) is 11.8. The van der Waals surface area contributed by atoms with Crippen molar-refractivity contribution in [1.29, 1.82) is 0 Å². The number of hydrogen-bond donors (Lipinski definition) is 0. The normalized spacial score (nSPS) is 20.5. The standard InChI is InChI=1S/C24H28F2N4O5/c1-15-10-17(12-28-22(15)35-24(25)26)30-6-9-33-20-13-27-21(11-19(20)30)34-18-2-5-29(14-18)23(31)16-3-7-32-8-4-16/h10-13,16,18,24H,2-9,14H2,1H3. The zero-order valence-corrected chi connectivity index (χ0v) is 19.5. The van der Waals surface area contributed by atoms with Crippen LogP contribution in [-0.2, 0) is 9.53 Å². The highest BCUT2D eigenvalue weighted by molar-refractivity contribution is 5.79. The average molecular weight is 491 g/mol. The molecule has 1 unspecified atom stereocenters. The Morgan fingerprint density at radius 2 is 1.94 bits per heavy atom. The molecule has 2 fully saturated rings. The van der Waals surface area contributed by atoms with Crippen molar-refractivity contribution < 1.29 is 32.5 Å². The van der Waals surface area contributed by atoms with E-state index in [-0.39, 0.29) is 23.8 Å². The van der Waals surface area contributed by atoms with Crippen molar-refractivity contribution in [3.05, 3.63) is 30.1 Å². The lowest BCUT2D eigenvalue weighted by molar-refractivity contribution is -0.137. The van der Waals surface area contributed by atoms with Gasteiger partial charge in [0.2, 0.25) is 17.7 Å². The Balaban J connectivity index is 1.28. The molecule has 0 N–H and O–H groups in total. The summed E-state index contributed by atoms with van der Waals surface area (Å²) in [5, 5.41) is 0. The molecule has 2 saturated heterocycles. The Labute approximate surface area is 201 Å². The first kappa shape index (κ1) is 23.5. The second-order valence-corrected chi connectivity index (χ2v) is 8.88. The maximum Gasteiger partial charge on any atom is 0.388 e. The minimum Gasteiger partial charge on any atom is -0.488 e. The maximum atomic E-state index is 12.8. The number of fused-ring (bicyclic) bond motifs is 1. The Hall–Kier alpha value is -3.21. The number of halogens is 2. The van der Waals surface area contributed by atoms with Crippen LogP contribution in [-0.4, -0.2) is 72.9 Å². The van der Waals surface area contributed by atoms with E-state index in [0.717, 1.165) is 30.6 Å². The highest BCUT2D eigenvalue weighted by Crippen LogP contribution is 2.39. The molecule has 0 radical (unpaired) electrons. The third-order valence-corrected chi connectivity index (χ3v) is 6.53. The highest BCUT2D eigenvalue weighted by atomic mass is 19.3. The van der Waals surface area contributed by atoms with Crippen LogP contribution in [0.2, 0.25) is 0 Å². The molecule has 3 aliphatic rings. The van der Waals surface area contributed by atoms with E-state index in [1.165, 1.54) is 6.20 Å². The SMILES string of the molecule is Cc1cc(N2CCOc3cnc(OC4CCN(C(=O)C5CCOCC5)C4)cc32)cnc1OC(F)F. The van der Waals surface area contributed by atoms with Gasteiger partial charge >= 0.3 is 6.61 Å². The topological polar surface area (TPSA) is 86.3 Å². The van der Waals surface area contributed by atoms with Gasteiger partial charge in [-0.1, -0.05) is 0 Å². The molecule has 2 aromatic heterocycles. The van der Waals surface area contributed by atoms with Gasteiger partial charge < -0.3 is 28.7 Å². The number of alkyl halides is 2. The van der Waals surface area contributed by atoms with E-state index in [0.29, 0.717) is 56.6 Å². The van der Waals surface area contributed by atoms with Crippen molar-refractivity contribution in [2.45, 2.75) is 38.9 Å².